The van der Waals surface area contributed by atoms with Gasteiger partial charge in [0.1, 0.15) is 22.9 Å². The zero-order valence-electron chi connectivity index (χ0n) is 16.3. The Kier molecular flexibility index (Phi) is 7.17. The molecule has 0 fully saturated rings. The Morgan fingerprint density at radius 3 is 2.63 bits per heavy atom. The van der Waals surface area contributed by atoms with Gasteiger partial charge < -0.3 is 20.5 Å². The van der Waals surface area contributed by atoms with Crippen LogP contribution in [0.25, 0.3) is 0 Å². The molecule has 0 aliphatic carbocycles. The van der Waals surface area contributed by atoms with Gasteiger partial charge in [0.25, 0.3) is 5.91 Å². The summed E-state index contributed by atoms with van der Waals surface area (Å²) in [5.74, 6) is 0.110. The molecule has 2 heterocycles. The van der Waals surface area contributed by atoms with Crippen LogP contribution in [0.4, 0.5) is 9.80 Å². The Morgan fingerprint density at radius 2 is 1.97 bits per heavy atom. The predicted molar refractivity (Wildman–Crippen MR) is 113 cm³/mol. The highest BCUT2D eigenvalue weighted by Gasteiger charge is 2.22. The number of nitrogens with zero attached hydrogens (tertiary/aromatic N) is 2. The van der Waals surface area contributed by atoms with Crippen molar-refractivity contribution in [2.24, 2.45) is 5.73 Å². The summed E-state index contributed by atoms with van der Waals surface area (Å²) in [5.41, 5.74) is 7.36. The molecule has 0 aliphatic heterocycles. The van der Waals surface area contributed by atoms with E-state index in [1.54, 1.807) is 25.6 Å². The van der Waals surface area contributed by atoms with Gasteiger partial charge in [-0.25, -0.2) is 4.79 Å². The highest BCUT2D eigenvalue weighted by atomic mass is 32.1. The zero-order chi connectivity index (χ0) is 21.3. The van der Waals surface area contributed by atoms with E-state index in [1.165, 1.54) is 0 Å². The van der Waals surface area contributed by atoms with Gasteiger partial charge in [0.05, 0.1) is 7.11 Å². The Balaban J connectivity index is 1.55. The monoisotopic (exact) mass is 427 g/mol. The number of amides is 3. The lowest BCUT2D eigenvalue weighted by molar-refractivity contribution is 0.0996. The molecular weight excluding hydrogens is 406 g/mol. The molecule has 3 amide bonds. The maximum Gasteiger partial charge on any atom is 0.319 e. The molecule has 30 heavy (non-hydrogen) atoms. The zero-order valence-corrected chi connectivity index (χ0v) is 17.1. The molecule has 9 nitrogen and oxygen atoms in total. The molecule has 3 aromatic rings. The van der Waals surface area contributed by atoms with Crippen LogP contribution in [0.15, 0.2) is 48.8 Å². The maximum absolute atomic E-state index is 12.2. The second-order valence-corrected chi connectivity index (χ2v) is 6.96. The predicted octanol–water partition coefficient (Wildman–Crippen LogP) is 2.59. The number of nitrogens with two attached hydrogens (primary N) is 1. The molecule has 0 saturated carbocycles. The number of urea groups is 1. The Labute approximate surface area is 177 Å². The van der Waals surface area contributed by atoms with Gasteiger partial charge in [0, 0.05) is 24.5 Å². The molecule has 4 N–H and O–H groups in total. The minimum Gasteiger partial charge on any atom is -0.497 e. The van der Waals surface area contributed by atoms with Gasteiger partial charge in [-0.05, 0) is 41.7 Å². The standard InChI is InChI=1S/C20H21N5O4S/c1-28-15-6-4-13(5-7-15)8-10-23-20(27)24-19-16(17(21)26)18(25-30-19)29-12-14-3-2-9-22-11-14/h2-7,9,11H,8,10,12H2,1H3,(H2,21,26)(H2,23,24,27). The van der Waals surface area contributed by atoms with Crippen molar-refractivity contribution in [3.05, 3.63) is 65.5 Å². The molecule has 0 spiro atoms. The van der Waals surface area contributed by atoms with Crippen LogP contribution in [0.3, 0.4) is 0 Å². The Morgan fingerprint density at radius 1 is 1.17 bits per heavy atom. The molecule has 156 valence electrons. The SMILES string of the molecule is COc1ccc(CCNC(=O)Nc2snc(OCc3cccnc3)c2C(N)=O)cc1. The first-order valence-electron chi connectivity index (χ1n) is 9.05. The van der Waals surface area contributed by atoms with Crippen LogP contribution in [0.2, 0.25) is 0 Å². The van der Waals surface area contributed by atoms with Gasteiger partial charge in [-0.2, -0.15) is 4.37 Å². The van der Waals surface area contributed by atoms with E-state index >= 15 is 0 Å². The number of aromatic nitrogens is 2. The quantitative estimate of drug-likeness (QED) is 0.481. The number of hydrogen-bond acceptors (Lipinski definition) is 7. The minimum atomic E-state index is -0.738. The smallest absolute Gasteiger partial charge is 0.319 e. The van der Waals surface area contributed by atoms with Crippen LogP contribution in [0.1, 0.15) is 21.5 Å². The molecule has 2 aromatic heterocycles. The molecule has 1 aromatic carbocycles. The van der Waals surface area contributed by atoms with Crippen molar-refractivity contribution >= 4 is 28.5 Å². The lowest BCUT2D eigenvalue weighted by atomic mass is 10.1. The number of anilines is 1. The van der Waals surface area contributed by atoms with Crippen molar-refractivity contribution in [2.75, 3.05) is 19.0 Å². The third kappa shape index (κ3) is 5.67. The number of carbonyl (C=O) groups is 2. The van der Waals surface area contributed by atoms with E-state index in [4.69, 9.17) is 15.2 Å². The number of ether oxygens (including phenoxy) is 2. The number of benzene rings is 1. The summed E-state index contributed by atoms with van der Waals surface area (Å²) in [5, 5.41) is 5.57. The van der Waals surface area contributed by atoms with Crippen LogP contribution < -0.4 is 25.8 Å². The average Bonchev–Trinajstić information content (AvgIpc) is 3.16. The fourth-order valence-electron chi connectivity index (χ4n) is 2.57. The van der Waals surface area contributed by atoms with E-state index in [-0.39, 0.29) is 23.1 Å². The van der Waals surface area contributed by atoms with Crippen molar-refractivity contribution in [3.8, 4) is 11.6 Å². The van der Waals surface area contributed by atoms with E-state index in [0.717, 1.165) is 28.4 Å². The largest absolute Gasteiger partial charge is 0.497 e. The van der Waals surface area contributed by atoms with Crippen molar-refractivity contribution < 1.29 is 19.1 Å². The van der Waals surface area contributed by atoms with Crippen LogP contribution in [-0.2, 0) is 13.0 Å². The first-order valence-corrected chi connectivity index (χ1v) is 9.83. The van der Waals surface area contributed by atoms with Crippen molar-refractivity contribution in [1.82, 2.24) is 14.7 Å². The average molecular weight is 427 g/mol. The first-order chi connectivity index (χ1) is 14.6. The molecule has 0 atom stereocenters. The van der Waals surface area contributed by atoms with E-state index in [9.17, 15) is 9.59 Å². The summed E-state index contributed by atoms with van der Waals surface area (Å²) in [6.07, 6.45) is 3.93. The summed E-state index contributed by atoms with van der Waals surface area (Å²) in [6.45, 7) is 0.582. The fourth-order valence-corrected chi connectivity index (χ4v) is 3.31. The number of nitrogens with one attached hydrogen (secondary N) is 2. The normalized spacial score (nSPS) is 10.3. The van der Waals surface area contributed by atoms with Gasteiger partial charge in [0.15, 0.2) is 0 Å². The second-order valence-electron chi connectivity index (χ2n) is 6.19. The summed E-state index contributed by atoms with van der Waals surface area (Å²) >= 11 is 0.925. The van der Waals surface area contributed by atoms with Gasteiger partial charge >= 0.3 is 6.03 Å². The Hall–Kier alpha value is -3.66. The molecular formula is C20H21N5O4S. The van der Waals surface area contributed by atoms with Gasteiger partial charge in [-0.3, -0.25) is 15.1 Å². The van der Waals surface area contributed by atoms with E-state index in [1.807, 2.05) is 30.3 Å². The number of rotatable bonds is 9. The molecule has 0 unspecified atom stereocenters. The highest BCUT2D eigenvalue weighted by molar-refractivity contribution is 7.11. The van der Waals surface area contributed by atoms with Gasteiger partial charge in [-0.1, -0.05) is 18.2 Å². The molecule has 0 saturated heterocycles. The lowest BCUT2D eigenvalue weighted by Crippen LogP contribution is -2.31. The maximum atomic E-state index is 12.2. The molecule has 0 aliphatic rings. The third-order valence-electron chi connectivity index (χ3n) is 4.09. The fraction of sp³-hybridized carbons (Fsp3) is 0.200. The molecule has 3 rings (SSSR count). The third-order valence-corrected chi connectivity index (χ3v) is 4.84. The van der Waals surface area contributed by atoms with E-state index < -0.39 is 11.9 Å². The van der Waals surface area contributed by atoms with Crippen LogP contribution >= 0.6 is 11.5 Å². The highest BCUT2D eigenvalue weighted by Crippen LogP contribution is 2.30. The van der Waals surface area contributed by atoms with Gasteiger partial charge in [-0.15, -0.1) is 0 Å². The summed E-state index contributed by atoms with van der Waals surface area (Å²) in [7, 11) is 1.61. The number of hydrogen-bond donors (Lipinski definition) is 3. The number of carbonyl (C=O) groups excluding carboxylic acids is 2. The van der Waals surface area contributed by atoms with Gasteiger partial charge in [0.2, 0.25) is 5.88 Å². The number of methoxy groups -OCH3 is 1. The number of primary amides is 1. The molecule has 10 heteroatoms. The van der Waals surface area contributed by atoms with E-state index in [2.05, 4.69) is 20.0 Å². The minimum absolute atomic E-state index is 0.0363. The molecule has 0 bridgehead atoms. The first kappa shape index (κ1) is 21.1. The second kappa shape index (κ2) is 10.2. The van der Waals surface area contributed by atoms with Crippen molar-refractivity contribution in [3.63, 3.8) is 0 Å². The van der Waals surface area contributed by atoms with Crippen molar-refractivity contribution in [1.29, 1.82) is 0 Å². The van der Waals surface area contributed by atoms with Crippen molar-refractivity contribution in [2.45, 2.75) is 13.0 Å². The number of pyridine rings is 1. The molecule has 0 radical (unpaired) electrons. The summed E-state index contributed by atoms with van der Waals surface area (Å²) in [4.78, 5) is 28.1. The van der Waals surface area contributed by atoms with Crippen LogP contribution in [0, 0.1) is 0 Å². The topological polar surface area (TPSA) is 128 Å². The summed E-state index contributed by atoms with van der Waals surface area (Å²) in [6, 6.07) is 10.7. The summed E-state index contributed by atoms with van der Waals surface area (Å²) < 4.78 is 14.8. The lowest BCUT2D eigenvalue weighted by Gasteiger charge is -2.08. The van der Waals surface area contributed by atoms with Crippen LogP contribution in [0.5, 0.6) is 11.6 Å². The van der Waals surface area contributed by atoms with E-state index in [0.29, 0.717) is 13.0 Å². The Bertz CT molecular complexity index is 992. The van der Waals surface area contributed by atoms with Crippen LogP contribution in [-0.4, -0.2) is 35.0 Å².